The number of halogens is 1. The third kappa shape index (κ3) is 3.86. The predicted octanol–water partition coefficient (Wildman–Crippen LogP) is 4.32. The van der Waals surface area contributed by atoms with Gasteiger partial charge in [0, 0.05) is 20.5 Å². The number of hydrogen-bond donors (Lipinski definition) is 0. The van der Waals surface area contributed by atoms with Crippen LogP contribution in [0.2, 0.25) is 0 Å². The Labute approximate surface area is 198 Å². The Morgan fingerprint density at radius 2 is 1.62 bits per heavy atom. The zero-order chi connectivity index (χ0) is 24.1. The maximum Gasteiger partial charge on any atom is 0.242 e. The molecular formula is C26H24FNO5S. The van der Waals surface area contributed by atoms with E-state index in [1.54, 1.807) is 24.3 Å². The molecule has 34 heavy (non-hydrogen) atoms. The molecule has 0 aromatic heterocycles. The molecule has 0 N–H and O–H groups in total. The highest BCUT2D eigenvalue weighted by Crippen LogP contribution is 2.51. The van der Waals surface area contributed by atoms with Crippen molar-refractivity contribution in [1.82, 2.24) is 4.31 Å². The van der Waals surface area contributed by atoms with Crippen molar-refractivity contribution >= 4 is 15.8 Å². The summed E-state index contributed by atoms with van der Waals surface area (Å²) < 4.78 is 51.2. The molecule has 6 nitrogen and oxygen atoms in total. The van der Waals surface area contributed by atoms with Crippen LogP contribution in [0.15, 0.2) is 65.6 Å². The summed E-state index contributed by atoms with van der Waals surface area (Å²) in [5, 5.41) is 0. The second-order valence-electron chi connectivity index (χ2n) is 8.87. The highest BCUT2D eigenvalue weighted by molar-refractivity contribution is 7.89. The smallest absolute Gasteiger partial charge is 0.242 e. The van der Waals surface area contributed by atoms with Crippen LogP contribution in [0.1, 0.15) is 24.0 Å². The monoisotopic (exact) mass is 481 g/mol. The second kappa shape index (κ2) is 8.21. The van der Waals surface area contributed by atoms with Gasteiger partial charge in [-0.1, -0.05) is 24.3 Å². The van der Waals surface area contributed by atoms with Crippen LogP contribution >= 0.6 is 0 Å². The average Bonchev–Trinajstić information content (AvgIpc) is 3.51. The normalized spacial score (nSPS) is 16.0. The van der Waals surface area contributed by atoms with Crippen LogP contribution in [0.4, 0.5) is 4.39 Å². The molecule has 1 saturated carbocycles. The van der Waals surface area contributed by atoms with E-state index < -0.39 is 21.3 Å². The topological polar surface area (TPSA) is 72.9 Å². The maximum absolute atomic E-state index is 14.7. The molecule has 0 bridgehead atoms. The van der Waals surface area contributed by atoms with Gasteiger partial charge in [0.1, 0.15) is 11.6 Å². The van der Waals surface area contributed by atoms with Gasteiger partial charge in [0.25, 0.3) is 0 Å². The van der Waals surface area contributed by atoms with E-state index in [4.69, 9.17) is 9.47 Å². The molecule has 0 amide bonds. The highest BCUT2D eigenvalue weighted by atomic mass is 32.2. The van der Waals surface area contributed by atoms with E-state index >= 15 is 0 Å². The molecule has 1 heterocycles. The molecular weight excluding hydrogens is 457 g/mol. The number of hydrogen-bond acceptors (Lipinski definition) is 5. The van der Waals surface area contributed by atoms with Crippen LogP contribution in [-0.2, 0) is 26.7 Å². The Balaban J connectivity index is 1.39. The van der Waals surface area contributed by atoms with Gasteiger partial charge in [-0.25, -0.2) is 17.1 Å². The summed E-state index contributed by atoms with van der Waals surface area (Å²) >= 11 is 0. The largest absolute Gasteiger partial charge is 0.454 e. The van der Waals surface area contributed by atoms with Crippen LogP contribution in [0, 0.1) is 5.82 Å². The van der Waals surface area contributed by atoms with Crippen LogP contribution in [0.5, 0.6) is 11.5 Å². The van der Waals surface area contributed by atoms with Gasteiger partial charge in [-0.05, 0) is 71.5 Å². The maximum atomic E-state index is 14.7. The van der Waals surface area contributed by atoms with Crippen LogP contribution < -0.4 is 9.47 Å². The molecule has 8 heteroatoms. The summed E-state index contributed by atoms with van der Waals surface area (Å²) in [5.41, 5.74) is 2.02. The van der Waals surface area contributed by atoms with Gasteiger partial charge in [-0.15, -0.1) is 0 Å². The molecule has 1 aliphatic heterocycles. The average molecular weight is 482 g/mol. The molecule has 5 rings (SSSR count). The molecule has 0 spiro atoms. The molecule has 176 valence electrons. The van der Waals surface area contributed by atoms with Crippen molar-refractivity contribution in [3.63, 3.8) is 0 Å². The van der Waals surface area contributed by atoms with Crippen molar-refractivity contribution in [1.29, 1.82) is 0 Å². The molecule has 0 saturated heterocycles. The van der Waals surface area contributed by atoms with E-state index in [1.807, 2.05) is 18.2 Å². The predicted molar refractivity (Wildman–Crippen MR) is 125 cm³/mol. The summed E-state index contributed by atoms with van der Waals surface area (Å²) in [6, 6.07) is 16.6. The zero-order valence-electron chi connectivity index (χ0n) is 18.9. The van der Waals surface area contributed by atoms with Gasteiger partial charge in [0.15, 0.2) is 11.5 Å². The number of ketones is 1. The van der Waals surface area contributed by atoms with Crippen LogP contribution in [-0.4, -0.2) is 39.4 Å². The first kappa shape index (κ1) is 22.6. The fourth-order valence-corrected chi connectivity index (χ4v) is 5.21. The lowest BCUT2D eigenvalue weighted by molar-refractivity contribution is -0.120. The summed E-state index contributed by atoms with van der Waals surface area (Å²) in [6.45, 7) is 0.166. The number of fused-ring (bicyclic) bond motifs is 1. The number of sulfonamides is 1. The molecule has 0 unspecified atom stereocenters. The minimum Gasteiger partial charge on any atom is -0.454 e. The number of rotatable bonds is 7. The van der Waals surface area contributed by atoms with E-state index in [9.17, 15) is 17.6 Å². The number of carbonyl (C=O) groups is 1. The van der Waals surface area contributed by atoms with Gasteiger partial charge in [0.05, 0.1) is 10.3 Å². The first-order valence-corrected chi connectivity index (χ1v) is 12.4. The number of carbonyl (C=O) groups excluding carboxylic acids is 1. The summed E-state index contributed by atoms with van der Waals surface area (Å²) in [4.78, 5) is 13.5. The van der Waals surface area contributed by atoms with Gasteiger partial charge in [0.2, 0.25) is 16.8 Å². The van der Waals surface area contributed by atoms with E-state index in [1.165, 1.54) is 32.3 Å². The van der Waals surface area contributed by atoms with Crippen molar-refractivity contribution in [2.75, 3.05) is 20.9 Å². The van der Waals surface area contributed by atoms with Crippen molar-refractivity contribution in [2.24, 2.45) is 0 Å². The fraction of sp³-hybridized carbons (Fsp3) is 0.269. The van der Waals surface area contributed by atoms with Crippen molar-refractivity contribution in [3.05, 3.63) is 77.6 Å². The minimum atomic E-state index is -3.53. The van der Waals surface area contributed by atoms with Crippen molar-refractivity contribution in [3.8, 4) is 22.6 Å². The van der Waals surface area contributed by atoms with E-state index in [0.29, 0.717) is 35.5 Å². The van der Waals surface area contributed by atoms with E-state index in [0.717, 1.165) is 15.4 Å². The lowest BCUT2D eigenvalue weighted by Gasteiger charge is -2.16. The Morgan fingerprint density at radius 3 is 2.29 bits per heavy atom. The summed E-state index contributed by atoms with van der Waals surface area (Å²) in [5.74, 6) is 0.819. The highest BCUT2D eigenvalue weighted by Gasteiger charge is 2.51. The number of nitrogens with zero attached hydrogens (tertiary/aromatic N) is 1. The fourth-order valence-electron chi connectivity index (χ4n) is 4.31. The standard InChI is InChI=1S/C26H24FNO5S/c1-28(2)34(30,31)21-7-3-17(4-8-21)18-5-9-22(27)19(13-18)14-25(29)26(11-12-26)20-6-10-23-24(15-20)33-16-32-23/h3-10,13,15H,11-12,14,16H2,1-2H3. The first-order valence-electron chi connectivity index (χ1n) is 11.0. The van der Waals surface area contributed by atoms with E-state index in [-0.39, 0.29) is 23.9 Å². The van der Waals surface area contributed by atoms with E-state index in [2.05, 4.69) is 0 Å². The molecule has 1 aliphatic carbocycles. The number of benzene rings is 3. The second-order valence-corrected chi connectivity index (χ2v) is 11.0. The molecule has 0 radical (unpaired) electrons. The third-order valence-corrected chi connectivity index (χ3v) is 8.40. The van der Waals surface area contributed by atoms with Gasteiger partial charge in [-0.2, -0.15) is 0 Å². The lowest BCUT2D eigenvalue weighted by Crippen LogP contribution is -2.23. The quantitative estimate of drug-likeness (QED) is 0.503. The third-order valence-electron chi connectivity index (χ3n) is 6.57. The van der Waals surface area contributed by atoms with Crippen molar-refractivity contribution in [2.45, 2.75) is 29.6 Å². The van der Waals surface area contributed by atoms with Crippen LogP contribution in [0.25, 0.3) is 11.1 Å². The molecule has 1 fully saturated rings. The Hall–Kier alpha value is -3.23. The Bertz CT molecular complexity index is 1380. The molecule has 2 aliphatic rings. The molecule has 0 atom stereocenters. The Morgan fingerprint density at radius 1 is 0.941 bits per heavy atom. The summed E-state index contributed by atoms with van der Waals surface area (Å²) in [6.07, 6.45) is 1.41. The van der Waals surface area contributed by atoms with Gasteiger partial charge < -0.3 is 9.47 Å². The zero-order valence-corrected chi connectivity index (χ0v) is 19.7. The van der Waals surface area contributed by atoms with Crippen LogP contribution in [0.3, 0.4) is 0 Å². The molecule has 3 aromatic rings. The van der Waals surface area contributed by atoms with Crippen molar-refractivity contribution < 1.29 is 27.1 Å². The van der Waals surface area contributed by atoms with Gasteiger partial charge in [-0.3, -0.25) is 4.79 Å². The SMILES string of the molecule is CN(C)S(=O)(=O)c1ccc(-c2ccc(F)c(CC(=O)C3(c4ccc5c(c4)OCO5)CC3)c2)cc1. The number of ether oxygens (including phenoxy) is 2. The minimum absolute atomic E-state index is 0.0266. The summed E-state index contributed by atoms with van der Waals surface area (Å²) in [7, 11) is -0.585. The lowest BCUT2D eigenvalue weighted by atomic mass is 9.87. The first-order chi connectivity index (χ1) is 16.2. The molecule has 3 aromatic carbocycles. The van der Waals surface area contributed by atoms with Gasteiger partial charge >= 0.3 is 0 Å². The number of Topliss-reactive ketones (excluding diaryl/α,β-unsaturated/α-hetero) is 1. The Kier molecular flexibility index (Phi) is 5.45.